The van der Waals surface area contributed by atoms with Gasteiger partial charge in [-0.05, 0) is 12.8 Å². The van der Waals surface area contributed by atoms with Gasteiger partial charge in [-0.1, -0.05) is 0 Å². The molecule has 2 unspecified atom stereocenters. The second-order valence-corrected chi connectivity index (χ2v) is 2.45. The largest absolute Gasteiger partial charge is 0.369 e. The minimum absolute atomic E-state index is 0.124. The average Bonchev–Trinajstić information content (AvgIpc) is 2.33. The van der Waals surface area contributed by atoms with Crippen LogP contribution >= 0.6 is 0 Å². The number of nitrogens with zero attached hydrogens (tertiary/aromatic N) is 1. The fourth-order valence-electron chi connectivity index (χ4n) is 1.29. The third-order valence-corrected chi connectivity index (χ3v) is 1.80. The average molecular weight is 126 g/mol. The van der Waals surface area contributed by atoms with Gasteiger partial charge in [0, 0.05) is 6.61 Å². The van der Waals surface area contributed by atoms with Crippen LogP contribution in [0.15, 0.2) is 4.99 Å². The molecular formula is C6H10N2O. The van der Waals surface area contributed by atoms with Gasteiger partial charge in [0.1, 0.15) is 0 Å². The maximum Gasteiger partial charge on any atom is 0.169 e. The fourth-order valence-corrected chi connectivity index (χ4v) is 1.29. The van der Waals surface area contributed by atoms with Gasteiger partial charge < -0.3 is 10.1 Å². The maximum absolute atomic E-state index is 5.34. The van der Waals surface area contributed by atoms with E-state index in [0.29, 0.717) is 6.04 Å². The molecule has 2 heterocycles. The summed E-state index contributed by atoms with van der Waals surface area (Å²) in [5, 5.41) is 3.14. The predicted octanol–water partition coefficient (Wildman–Crippen LogP) is 0.123. The second-order valence-electron chi connectivity index (χ2n) is 2.45. The molecule has 2 aliphatic rings. The summed E-state index contributed by atoms with van der Waals surface area (Å²) in [6.07, 6.45) is 4.24. The van der Waals surface area contributed by atoms with E-state index in [0.717, 1.165) is 13.0 Å². The molecule has 2 atom stereocenters. The molecule has 0 radical (unpaired) electrons. The van der Waals surface area contributed by atoms with Crippen molar-refractivity contribution < 1.29 is 4.74 Å². The molecule has 1 saturated heterocycles. The third kappa shape index (κ3) is 0.812. The van der Waals surface area contributed by atoms with Crippen molar-refractivity contribution >= 4 is 6.34 Å². The Morgan fingerprint density at radius 3 is 3.56 bits per heavy atom. The molecule has 0 aromatic carbocycles. The van der Waals surface area contributed by atoms with Crippen LogP contribution in [0.2, 0.25) is 0 Å². The zero-order valence-corrected chi connectivity index (χ0v) is 5.21. The van der Waals surface area contributed by atoms with Crippen LogP contribution < -0.4 is 5.32 Å². The summed E-state index contributed by atoms with van der Waals surface area (Å²) in [5.74, 6) is 0. The van der Waals surface area contributed by atoms with E-state index in [9.17, 15) is 0 Å². The summed E-state index contributed by atoms with van der Waals surface area (Å²) in [6.45, 7) is 0.875. The van der Waals surface area contributed by atoms with Crippen molar-refractivity contribution in [2.45, 2.75) is 25.1 Å². The van der Waals surface area contributed by atoms with Gasteiger partial charge >= 0.3 is 0 Å². The smallest absolute Gasteiger partial charge is 0.169 e. The van der Waals surface area contributed by atoms with E-state index in [-0.39, 0.29) is 6.23 Å². The summed E-state index contributed by atoms with van der Waals surface area (Å²) in [5.41, 5.74) is 0. The molecule has 0 amide bonds. The number of ether oxygens (including phenoxy) is 1. The van der Waals surface area contributed by atoms with E-state index >= 15 is 0 Å². The first-order valence-corrected chi connectivity index (χ1v) is 3.36. The Kier molecular flexibility index (Phi) is 1.16. The number of nitrogens with one attached hydrogen (secondary N) is 1. The monoisotopic (exact) mass is 126 g/mol. The van der Waals surface area contributed by atoms with Crippen molar-refractivity contribution in [3.8, 4) is 0 Å². The number of rotatable bonds is 0. The Morgan fingerprint density at radius 2 is 2.67 bits per heavy atom. The van der Waals surface area contributed by atoms with Gasteiger partial charge in [0.25, 0.3) is 0 Å². The van der Waals surface area contributed by atoms with Gasteiger partial charge in [0.15, 0.2) is 6.23 Å². The Bertz CT molecular complexity index is 135. The van der Waals surface area contributed by atoms with Gasteiger partial charge in [-0.15, -0.1) is 0 Å². The molecule has 0 aromatic heterocycles. The Hall–Kier alpha value is -0.570. The lowest BCUT2D eigenvalue weighted by atomic mass is 10.1. The van der Waals surface area contributed by atoms with Gasteiger partial charge in [-0.2, -0.15) is 0 Å². The highest BCUT2D eigenvalue weighted by atomic mass is 16.5. The maximum atomic E-state index is 5.34. The zero-order valence-electron chi connectivity index (χ0n) is 5.21. The summed E-state index contributed by atoms with van der Waals surface area (Å²) in [6, 6.07) is 0.471. The van der Waals surface area contributed by atoms with Crippen LogP contribution in [-0.4, -0.2) is 25.2 Å². The van der Waals surface area contributed by atoms with E-state index in [1.165, 1.54) is 6.42 Å². The number of aliphatic imine (C=N–C) groups is 1. The van der Waals surface area contributed by atoms with Crippen molar-refractivity contribution in [2.24, 2.45) is 4.99 Å². The standard InChI is InChI=1S/C6H10N2O/c1-2-5-6(9-3-1)8-4-7-5/h4-6H,1-3H2,(H,7,8). The predicted molar refractivity (Wildman–Crippen MR) is 34.4 cm³/mol. The van der Waals surface area contributed by atoms with Crippen molar-refractivity contribution in [3.63, 3.8) is 0 Å². The van der Waals surface area contributed by atoms with Crippen LogP contribution in [-0.2, 0) is 4.74 Å². The second kappa shape index (κ2) is 1.99. The molecule has 0 aliphatic carbocycles. The highest BCUT2D eigenvalue weighted by Crippen LogP contribution is 2.16. The third-order valence-electron chi connectivity index (χ3n) is 1.80. The van der Waals surface area contributed by atoms with Gasteiger partial charge in [0.05, 0.1) is 12.4 Å². The molecule has 1 fully saturated rings. The first-order chi connectivity index (χ1) is 4.47. The molecule has 0 saturated carbocycles. The molecule has 1 N–H and O–H groups in total. The summed E-state index contributed by atoms with van der Waals surface area (Å²) in [4.78, 5) is 4.10. The molecular weight excluding hydrogens is 116 g/mol. The zero-order chi connectivity index (χ0) is 6.10. The lowest BCUT2D eigenvalue weighted by Crippen LogP contribution is -2.37. The quantitative estimate of drug-likeness (QED) is 0.500. The minimum atomic E-state index is 0.124. The number of hydrogen-bond donors (Lipinski definition) is 1. The van der Waals surface area contributed by atoms with E-state index in [1.807, 2.05) is 0 Å². The number of hydrogen-bond acceptors (Lipinski definition) is 3. The topological polar surface area (TPSA) is 33.6 Å². The molecule has 3 heteroatoms. The first-order valence-electron chi connectivity index (χ1n) is 3.36. The minimum Gasteiger partial charge on any atom is -0.369 e. The van der Waals surface area contributed by atoms with Gasteiger partial charge in [-0.3, -0.25) is 0 Å². The highest BCUT2D eigenvalue weighted by Gasteiger charge is 2.26. The summed E-state index contributed by atoms with van der Waals surface area (Å²) < 4.78 is 5.34. The van der Waals surface area contributed by atoms with Crippen LogP contribution in [0.4, 0.5) is 0 Å². The van der Waals surface area contributed by atoms with Crippen LogP contribution in [0.5, 0.6) is 0 Å². The molecule has 3 nitrogen and oxygen atoms in total. The Morgan fingerprint density at radius 1 is 1.67 bits per heavy atom. The normalized spacial score (nSPS) is 40.0. The molecule has 50 valence electrons. The van der Waals surface area contributed by atoms with Crippen molar-refractivity contribution in [3.05, 3.63) is 0 Å². The van der Waals surface area contributed by atoms with E-state index in [1.54, 1.807) is 6.34 Å². The summed E-state index contributed by atoms with van der Waals surface area (Å²) >= 11 is 0. The molecule has 2 aliphatic heterocycles. The number of fused-ring (bicyclic) bond motifs is 1. The summed E-state index contributed by atoms with van der Waals surface area (Å²) in [7, 11) is 0. The van der Waals surface area contributed by atoms with Crippen LogP contribution in [0.25, 0.3) is 0 Å². The molecule has 0 spiro atoms. The lowest BCUT2D eigenvalue weighted by molar-refractivity contribution is 0.0102. The highest BCUT2D eigenvalue weighted by molar-refractivity contribution is 5.57. The first kappa shape index (κ1) is 5.23. The lowest BCUT2D eigenvalue weighted by Gasteiger charge is -2.23. The Balaban J connectivity index is 2.03. The van der Waals surface area contributed by atoms with Crippen LogP contribution in [0.3, 0.4) is 0 Å². The SMILES string of the molecule is C1=NC2OCCCC2N1. The van der Waals surface area contributed by atoms with E-state index in [4.69, 9.17) is 4.74 Å². The molecule has 0 aromatic rings. The van der Waals surface area contributed by atoms with Crippen LogP contribution in [0, 0.1) is 0 Å². The fraction of sp³-hybridized carbons (Fsp3) is 0.833. The molecule has 9 heavy (non-hydrogen) atoms. The van der Waals surface area contributed by atoms with E-state index in [2.05, 4.69) is 10.3 Å². The van der Waals surface area contributed by atoms with Crippen molar-refractivity contribution in [1.82, 2.24) is 5.32 Å². The van der Waals surface area contributed by atoms with E-state index < -0.39 is 0 Å². The van der Waals surface area contributed by atoms with Gasteiger partial charge in [0.2, 0.25) is 0 Å². The van der Waals surface area contributed by atoms with Crippen molar-refractivity contribution in [1.29, 1.82) is 0 Å². The van der Waals surface area contributed by atoms with Crippen molar-refractivity contribution in [2.75, 3.05) is 6.61 Å². The van der Waals surface area contributed by atoms with Crippen LogP contribution in [0.1, 0.15) is 12.8 Å². The molecule has 2 rings (SSSR count). The van der Waals surface area contributed by atoms with Gasteiger partial charge in [-0.25, -0.2) is 4.99 Å². The Labute approximate surface area is 54.1 Å². The molecule has 0 bridgehead atoms.